The molecule has 1 amide bonds. The molecule has 6 heteroatoms. The molecule has 0 spiro atoms. The van der Waals surface area contributed by atoms with Crippen molar-refractivity contribution in [2.45, 2.75) is 51.4 Å². The molecule has 0 aromatic carbocycles. The average molecular weight is 327 g/mol. The maximum absolute atomic E-state index is 11.7. The highest BCUT2D eigenvalue weighted by molar-refractivity contribution is 5.81. The van der Waals surface area contributed by atoms with Gasteiger partial charge in [0.1, 0.15) is 0 Å². The van der Waals surface area contributed by atoms with Crippen LogP contribution >= 0.6 is 0 Å². The number of carbonyl (C=O) groups is 3. The molecular formula is C17H29NO5. The van der Waals surface area contributed by atoms with Gasteiger partial charge in [0.25, 0.3) is 6.47 Å². The van der Waals surface area contributed by atoms with Crippen LogP contribution in [0.2, 0.25) is 0 Å². The molecule has 0 radical (unpaired) electrons. The van der Waals surface area contributed by atoms with E-state index in [0.717, 1.165) is 58.0 Å². The lowest BCUT2D eigenvalue weighted by Gasteiger charge is -2.20. The van der Waals surface area contributed by atoms with Gasteiger partial charge in [0.05, 0.1) is 13.7 Å². The van der Waals surface area contributed by atoms with E-state index < -0.39 is 0 Å². The second-order valence-corrected chi connectivity index (χ2v) is 5.31. The first-order valence-corrected chi connectivity index (χ1v) is 8.19. The lowest BCUT2D eigenvalue weighted by atomic mass is 10.2. The third-order valence-electron chi connectivity index (χ3n) is 3.50. The molecule has 0 aliphatic carbocycles. The summed E-state index contributed by atoms with van der Waals surface area (Å²) >= 11 is 0. The molecule has 0 N–H and O–H groups in total. The molecule has 1 aliphatic heterocycles. The van der Waals surface area contributed by atoms with Crippen LogP contribution < -0.4 is 0 Å². The van der Waals surface area contributed by atoms with Crippen LogP contribution in [0.15, 0.2) is 12.7 Å². The highest BCUT2D eigenvalue weighted by atomic mass is 16.5. The van der Waals surface area contributed by atoms with Crippen LogP contribution in [-0.2, 0) is 23.9 Å². The Balaban J connectivity index is 0.00000108. The second-order valence-electron chi connectivity index (χ2n) is 5.31. The molecule has 1 fully saturated rings. The Morgan fingerprint density at radius 1 is 1.22 bits per heavy atom. The maximum Gasteiger partial charge on any atom is 0.330 e. The predicted octanol–water partition coefficient (Wildman–Crippen LogP) is 2.47. The molecule has 23 heavy (non-hydrogen) atoms. The Kier molecular flexibility index (Phi) is 13.8. The van der Waals surface area contributed by atoms with Crippen LogP contribution in [0.3, 0.4) is 0 Å². The average Bonchev–Trinajstić information content (AvgIpc) is 2.78. The van der Waals surface area contributed by atoms with Crippen molar-refractivity contribution >= 4 is 18.3 Å². The van der Waals surface area contributed by atoms with Gasteiger partial charge in [0, 0.05) is 25.6 Å². The quantitative estimate of drug-likeness (QED) is 0.281. The molecule has 1 heterocycles. The zero-order valence-corrected chi connectivity index (χ0v) is 14.1. The molecule has 1 aliphatic rings. The van der Waals surface area contributed by atoms with Crippen LogP contribution in [0.5, 0.6) is 0 Å². The van der Waals surface area contributed by atoms with Gasteiger partial charge in [-0.15, -0.1) is 0 Å². The number of hydrogen-bond donors (Lipinski definition) is 0. The van der Waals surface area contributed by atoms with E-state index in [0.29, 0.717) is 19.0 Å². The van der Waals surface area contributed by atoms with Crippen LogP contribution in [0.25, 0.3) is 0 Å². The number of likely N-dealkylation sites (tertiary alicyclic amines) is 1. The summed E-state index contributed by atoms with van der Waals surface area (Å²) in [5, 5.41) is 0. The van der Waals surface area contributed by atoms with Crippen LogP contribution in [0.1, 0.15) is 51.4 Å². The fraction of sp³-hybridized carbons (Fsp3) is 0.706. The monoisotopic (exact) mass is 327 g/mol. The van der Waals surface area contributed by atoms with E-state index in [1.54, 1.807) is 0 Å². The van der Waals surface area contributed by atoms with E-state index in [-0.39, 0.29) is 5.97 Å². The van der Waals surface area contributed by atoms with Gasteiger partial charge in [0.15, 0.2) is 0 Å². The van der Waals surface area contributed by atoms with Gasteiger partial charge in [0.2, 0.25) is 5.91 Å². The topological polar surface area (TPSA) is 72.9 Å². The second kappa shape index (κ2) is 15.1. The minimum absolute atomic E-state index is 0.317. The molecule has 0 bridgehead atoms. The van der Waals surface area contributed by atoms with Crippen LogP contribution in [0.4, 0.5) is 0 Å². The van der Waals surface area contributed by atoms with Crippen molar-refractivity contribution in [3.8, 4) is 0 Å². The summed E-state index contributed by atoms with van der Waals surface area (Å²) in [6.45, 7) is 5.99. The summed E-state index contributed by atoms with van der Waals surface area (Å²) in [5.74, 6) is -0.0347. The van der Waals surface area contributed by atoms with Crippen molar-refractivity contribution in [2.75, 3.05) is 26.8 Å². The molecular weight excluding hydrogens is 298 g/mol. The highest BCUT2D eigenvalue weighted by Crippen LogP contribution is 2.12. The summed E-state index contributed by atoms with van der Waals surface area (Å²) in [5.41, 5.74) is 0. The molecule has 0 atom stereocenters. The summed E-state index contributed by atoms with van der Waals surface area (Å²) in [4.78, 5) is 33.5. The Morgan fingerprint density at radius 3 is 2.57 bits per heavy atom. The van der Waals surface area contributed by atoms with Gasteiger partial charge >= 0.3 is 5.97 Å². The van der Waals surface area contributed by atoms with E-state index in [9.17, 15) is 9.59 Å². The molecule has 1 rings (SSSR count). The van der Waals surface area contributed by atoms with Crippen molar-refractivity contribution in [1.29, 1.82) is 0 Å². The lowest BCUT2D eigenvalue weighted by molar-refractivity contribution is -0.138. The number of hydrogen-bond acceptors (Lipinski definition) is 5. The number of amides is 1. The summed E-state index contributed by atoms with van der Waals surface area (Å²) in [6, 6.07) is 0. The third-order valence-corrected chi connectivity index (χ3v) is 3.50. The van der Waals surface area contributed by atoms with Gasteiger partial charge in [-0.3, -0.25) is 9.59 Å². The van der Waals surface area contributed by atoms with Gasteiger partial charge in [-0.1, -0.05) is 19.4 Å². The Labute approximate surface area is 138 Å². The first-order chi connectivity index (χ1) is 11.2. The maximum atomic E-state index is 11.7. The number of rotatable bonds is 9. The van der Waals surface area contributed by atoms with E-state index in [1.165, 1.54) is 19.6 Å². The molecule has 6 nitrogen and oxygen atoms in total. The number of nitrogens with zero attached hydrogens (tertiary/aromatic N) is 1. The van der Waals surface area contributed by atoms with Crippen molar-refractivity contribution < 1.29 is 23.9 Å². The van der Waals surface area contributed by atoms with Crippen molar-refractivity contribution in [2.24, 2.45) is 0 Å². The standard InChI is InChI=1S/C15H25NO3.C2H4O2/c1-2-15(18)19-13-9-4-3-7-11-16-12-8-5-6-10-14(16)17;1-4-2-3/h2H,1,3-13H2;2H,1H3. The van der Waals surface area contributed by atoms with Crippen molar-refractivity contribution in [3.05, 3.63) is 12.7 Å². The predicted molar refractivity (Wildman–Crippen MR) is 87.7 cm³/mol. The number of esters is 1. The first kappa shape index (κ1) is 21.1. The third kappa shape index (κ3) is 12.4. The number of carbonyl (C=O) groups excluding carboxylic acids is 3. The fourth-order valence-corrected chi connectivity index (χ4v) is 2.26. The molecule has 0 aromatic heterocycles. The number of ether oxygens (including phenoxy) is 2. The Morgan fingerprint density at radius 2 is 1.91 bits per heavy atom. The van der Waals surface area contributed by atoms with Gasteiger partial charge in [-0.2, -0.15) is 0 Å². The number of methoxy groups -OCH3 is 1. The van der Waals surface area contributed by atoms with Crippen LogP contribution in [0, 0.1) is 0 Å². The highest BCUT2D eigenvalue weighted by Gasteiger charge is 2.15. The molecule has 0 saturated carbocycles. The smallest absolute Gasteiger partial charge is 0.330 e. The normalized spacial score (nSPS) is 14.1. The molecule has 0 aromatic rings. The van der Waals surface area contributed by atoms with Crippen molar-refractivity contribution in [3.63, 3.8) is 0 Å². The zero-order chi connectivity index (χ0) is 17.3. The van der Waals surface area contributed by atoms with E-state index in [4.69, 9.17) is 9.53 Å². The summed E-state index contributed by atoms with van der Waals surface area (Å²) < 4.78 is 8.76. The minimum atomic E-state index is -0.352. The SMILES string of the molecule is C=CC(=O)OCCCCCCN1CCCCCC1=O.COC=O. The zero-order valence-electron chi connectivity index (χ0n) is 14.1. The van der Waals surface area contributed by atoms with Gasteiger partial charge < -0.3 is 14.4 Å². The van der Waals surface area contributed by atoms with E-state index in [1.807, 2.05) is 4.90 Å². The van der Waals surface area contributed by atoms with Crippen LogP contribution in [-0.4, -0.2) is 50.1 Å². The first-order valence-electron chi connectivity index (χ1n) is 8.19. The number of unbranched alkanes of at least 4 members (excludes halogenated alkanes) is 3. The minimum Gasteiger partial charge on any atom is -0.471 e. The van der Waals surface area contributed by atoms with E-state index in [2.05, 4.69) is 11.3 Å². The Bertz CT molecular complexity index is 357. The summed E-state index contributed by atoms with van der Waals surface area (Å²) in [6.07, 6.45) is 9.31. The van der Waals surface area contributed by atoms with Gasteiger partial charge in [-0.25, -0.2) is 4.79 Å². The van der Waals surface area contributed by atoms with E-state index >= 15 is 0 Å². The largest absolute Gasteiger partial charge is 0.471 e. The lowest BCUT2D eigenvalue weighted by Crippen LogP contribution is -2.31. The fourth-order valence-electron chi connectivity index (χ4n) is 2.26. The Hall–Kier alpha value is -1.85. The van der Waals surface area contributed by atoms with Crippen molar-refractivity contribution in [1.82, 2.24) is 4.90 Å². The molecule has 1 saturated heterocycles. The summed E-state index contributed by atoms with van der Waals surface area (Å²) in [7, 11) is 1.31. The molecule has 0 unspecified atom stereocenters. The molecule has 132 valence electrons. The van der Waals surface area contributed by atoms with Gasteiger partial charge in [-0.05, 0) is 32.1 Å².